The number of hydrogen-bond donors (Lipinski definition) is 0. The van der Waals surface area contributed by atoms with Crippen LogP contribution in [0.5, 0.6) is 0 Å². The summed E-state index contributed by atoms with van der Waals surface area (Å²) in [6, 6.07) is 7.21. The number of rotatable bonds is 3. The van der Waals surface area contributed by atoms with E-state index in [0.29, 0.717) is 18.1 Å². The average molecular weight is 366 g/mol. The van der Waals surface area contributed by atoms with Crippen molar-refractivity contribution in [2.75, 3.05) is 19.3 Å². The van der Waals surface area contributed by atoms with E-state index in [2.05, 4.69) is 4.40 Å². The lowest BCUT2D eigenvalue weighted by Crippen LogP contribution is -2.42. The molecule has 0 radical (unpaired) electrons. The van der Waals surface area contributed by atoms with Gasteiger partial charge in [0, 0.05) is 31.4 Å². The van der Waals surface area contributed by atoms with Gasteiger partial charge < -0.3 is 9.80 Å². The van der Waals surface area contributed by atoms with Crippen LogP contribution in [0.15, 0.2) is 52.6 Å². The van der Waals surface area contributed by atoms with Crippen molar-refractivity contribution in [2.24, 2.45) is 4.40 Å². The molecule has 0 spiro atoms. The highest BCUT2D eigenvalue weighted by Crippen LogP contribution is 2.20. The standard InChI is InChI=1S/C16H16ClN3O3S/c1-19(11-12-4-6-13(17)7-5-12)16(21)14-3-2-8-20-9-10-24(22,23)18-15(14)20/h2-8H,9-11H2,1H3. The van der Waals surface area contributed by atoms with Crippen LogP contribution in [0.2, 0.25) is 5.02 Å². The van der Waals surface area contributed by atoms with E-state index in [4.69, 9.17) is 11.6 Å². The van der Waals surface area contributed by atoms with Crippen LogP contribution in [-0.2, 0) is 21.4 Å². The highest BCUT2D eigenvalue weighted by Gasteiger charge is 2.31. The zero-order valence-corrected chi connectivity index (χ0v) is 14.6. The van der Waals surface area contributed by atoms with Gasteiger partial charge in [-0.25, -0.2) is 8.42 Å². The quantitative estimate of drug-likeness (QED) is 0.819. The van der Waals surface area contributed by atoms with E-state index < -0.39 is 10.0 Å². The molecular formula is C16H16ClN3O3S. The van der Waals surface area contributed by atoms with Crippen LogP contribution in [0.3, 0.4) is 0 Å². The summed E-state index contributed by atoms with van der Waals surface area (Å²) in [5.41, 5.74) is 1.20. The first-order chi connectivity index (χ1) is 11.4. The number of halogens is 1. The molecule has 1 aromatic rings. The highest BCUT2D eigenvalue weighted by molar-refractivity contribution is 7.90. The molecule has 8 heteroatoms. The van der Waals surface area contributed by atoms with E-state index in [9.17, 15) is 13.2 Å². The summed E-state index contributed by atoms with van der Waals surface area (Å²) >= 11 is 5.86. The summed E-state index contributed by atoms with van der Waals surface area (Å²) in [6.07, 6.45) is 5.04. The van der Waals surface area contributed by atoms with Crippen molar-refractivity contribution >= 4 is 33.4 Å². The number of allylic oxidation sites excluding steroid dienone is 2. The first kappa shape index (κ1) is 16.7. The molecule has 6 nitrogen and oxygen atoms in total. The van der Waals surface area contributed by atoms with Gasteiger partial charge in [0.05, 0.1) is 11.3 Å². The van der Waals surface area contributed by atoms with Gasteiger partial charge in [-0.15, -0.1) is 4.40 Å². The maximum absolute atomic E-state index is 12.7. The van der Waals surface area contributed by atoms with Crippen molar-refractivity contribution in [1.82, 2.24) is 9.80 Å². The van der Waals surface area contributed by atoms with E-state index in [0.717, 1.165) is 5.56 Å². The Morgan fingerprint density at radius 3 is 2.75 bits per heavy atom. The smallest absolute Gasteiger partial charge is 0.257 e. The van der Waals surface area contributed by atoms with E-state index in [1.807, 2.05) is 12.1 Å². The highest BCUT2D eigenvalue weighted by atomic mass is 35.5. The third kappa shape index (κ3) is 3.52. The molecule has 0 saturated carbocycles. The largest absolute Gasteiger partial charge is 0.337 e. The lowest BCUT2D eigenvalue weighted by atomic mass is 10.1. The van der Waals surface area contributed by atoms with Gasteiger partial charge in [0.15, 0.2) is 5.84 Å². The Kier molecular flexibility index (Phi) is 4.47. The third-order valence-electron chi connectivity index (χ3n) is 3.77. The predicted octanol–water partition coefficient (Wildman–Crippen LogP) is 1.80. The van der Waals surface area contributed by atoms with Crippen molar-refractivity contribution in [2.45, 2.75) is 6.54 Å². The van der Waals surface area contributed by atoms with Crippen LogP contribution >= 0.6 is 11.6 Å². The molecule has 0 fully saturated rings. The van der Waals surface area contributed by atoms with Crippen LogP contribution in [0.25, 0.3) is 0 Å². The molecule has 0 aliphatic carbocycles. The second kappa shape index (κ2) is 6.41. The van der Waals surface area contributed by atoms with Crippen molar-refractivity contribution in [3.63, 3.8) is 0 Å². The normalized spacial score (nSPS) is 18.5. The minimum absolute atomic E-state index is 0.0527. The van der Waals surface area contributed by atoms with E-state index in [-0.39, 0.29) is 23.1 Å². The topological polar surface area (TPSA) is 70.1 Å². The number of carbonyl (C=O) groups is 1. The average Bonchev–Trinajstić information content (AvgIpc) is 2.55. The minimum atomic E-state index is -3.52. The van der Waals surface area contributed by atoms with Crippen LogP contribution < -0.4 is 0 Å². The monoisotopic (exact) mass is 365 g/mol. The fourth-order valence-electron chi connectivity index (χ4n) is 2.52. The van der Waals surface area contributed by atoms with Crippen molar-refractivity contribution in [3.8, 4) is 0 Å². The van der Waals surface area contributed by atoms with Gasteiger partial charge >= 0.3 is 0 Å². The maximum Gasteiger partial charge on any atom is 0.257 e. The van der Waals surface area contributed by atoms with Gasteiger partial charge in [0.1, 0.15) is 0 Å². The van der Waals surface area contributed by atoms with E-state index in [1.54, 1.807) is 42.4 Å². The summed E-state index contributed by atoms with van der Waals surface area (Å²) in [7, 11) is -1.86. The van der Waals surface area contributed by atoms with Gasteiger partial charge in [-0.1, -0.05) is 23.7 Å². The van der Waals surface area contributed by atoms with Crippen molar-refractivity contribution < 1.29 is 13.2 Å². The fraction of sp³-hybridized carbons (Fsp3) is 0.250. The summed E-state index contributed by atoms with van der Waals surface area (Å²) in [6.45, 7) is 0.681. The molecular weight excluding hydrogens is 350 g/mol. The Morgan fingerprint density at radius 1 is 1.33 bits per heavy atom. The molecule has 1 amide bonds. The summed E-state index contributed by atoms with van der Waals surface area (Å²) in [4.78, 5) is 15.9. The molecule has 0 saturated heterocycles. The number of amides is 1. The first-order valence-corrected chi connectivity index (χ1v) is 9.32. The summed E-state index contributed by atoms with van der Waals surface area (Å²) in [5.74, 6) is -0.144. The zero-order chi connectivity index (χ0) is 17.3. The van der Waals surface area contributed by atoms with Gasteiger partial charge in [-0.05, 0) is 29.8 Å². The number of amidine groups is 1. The predicted molar refractivity (Wildman–Crippen MR) is 93.1 cm³/mol. The number of nitrogens with zero attached hydrogens (tertiary/aromatic N) is 3. The van der Waals surface area contributed by atoms with Crippen LogP contribution in [0.4, 0.5) is 0 Å². The van der Waals surface area contributed by atoms with Crippen LogP contribution in [-0.4, -0.2) is 49.3 Å². The van der Waals surface area contributed by atoms with Gasteiger partial charge in [0.2, 0.25) is 0 Å². The number of hydrogen-bond acceptors (Lipinski definition) is 4. The molecule has 0 N–H and O–H groups in total. The maximum atomic E-state index is 12.7. The molecule has 0 aromatic heterocycles. The van der Waals surface area contributed by atoms with Gasteiger partial charge in [-0.2, -0.15) is 0 Å². The van der Waals surface area contributed by atoms with E-state index >= 15 is 0 Å². The Balaban J connectivity index is 1.83. The molecule has 1 aromatic carbocycles. The number of carbonyl (C=O) groups excluding carboxylic acids is 1. The molecule has 0 unspecified atom stereocenters. The first-order valence-electron chi connectivity index (χ1n) is 7.34. The zero-order valence-electron chi connectivity index (χ0n) is 13.0. The Morgan fingerprint density at radius 2 is 2.04 bits per heavy atom. The summed E-state index contributed by atoms with van der Waals surface area (Å²) in [5, 5.41) is 0.630. The second-order valence-electron chi connectivity index (χ2n) is 5.60. The Labute approximate surface area is 145 Å². The molecule has 24 heavy (non-hydrogen) atoms. The third-order valence-corrected chi connectivity index (χ3v) is 5.17. The van der Waals surface area contributed by atoms with Crippen LogP contribution in [0, 0.1) is 0 Å². The van der Waals surface area contributed by atoms with Crippen molar-refractivity contribution in [1.29, 1.82) is 0 Å². The molecule has 2 aliphatic heterocycles. The Bertz CT molecular complexity index is 857. The number of likely N-dealkylation sites (N-methyl/N-ethyl adjacent to an activating group) is 1. The van der Waals surface area contributed by atoms with Crippen molar-refractivity contribution in [3.05, 3.63) is 58.8 Å². The second-order valence-corrected chi connectivity index (χ2v) is 7.79. The molecule has 0 atom stereocenters. The minimum Gasteiger partial charge on any atom is -0.337 e. The van der Waals surface area contributed by atoms with E-state index in [1.165, 1.54) is 4.90 Å². The molecule has 2 heterocycles. The fourth-order valence-corrected chi connectivity index (χ4v) is 3.64. The SMILES string of the molecule is CN(Cc1ccc(Cl)cc1)C(=O)C1=CC=CN2CCS(=O)(=O)N=C12. The molecule has 126 valence electrons. The molecule has 2 aliphatic rings. The number of sulfonamides is 1. The molecule has 3 rings (SSSR count). The number of fused-ring (bicyclic) bond motifs is 1. The Hall–Kier alpha value is -2.12. The lowest BCUT2D eigenvalue weighted by Gasteiger charge is -2.30. The van der Waals surface area contributed by atoms with Gasteiger partial charge in [0.25, 0.3) is 15.9 Å². The summed E-state index contributed by atoms with van der Waals surface area (Å²) < 4.78 is 27.3. The lowest BCUT2D eigenvalue weighted by molar-refractivity contribution is -0.125. The number of benzene rings is 1. The van der Waals surface area contributed by atoms with Gasteiger partial charge in [-0.3, -0.25) is 4.79 Å². The van der Waals surface area contributed by atoms with Crippen LogP contribution in [0.1, 0.15) is 5.56 Å². The molecule has 0 bridgehead atoms.